The van der Waals surface area contributed by atoms with Gasteiger partial charge in [-0.2, -0.15) is 13.2 Å². The van der Waals surface area contributed by atoms with Gasteiger partial charge in [0.1, 0.15) is 17.7 Å². The quantitative estimate of drug-likeness (QED) is 0.174. The van der Waals surface area contributed by atoms with Gasteiger partial charge in [0.25, 0.3) is 0 Å². The molecule has 0 radical (unpaired) electrons. The molecule has 0 saturated heterocycles. The Morgan fingerprint density at radius 3 is 2.00 bits per heavy atom. The number of halogens is 6. The van der Waals surface area contributed by atoms with Crippen molar-refractivity contribution >= 4 is 0 Å². The van der Waals surface area contributed by atoms with E-state index in [4.69, 9.17) is 0 Å². The van der Waals surface area contributed by atoms with Gasteiger partial charge in [-0.25, -0.2) is 13.2 Å². The van der Waals surface area contributed by atoms with Gasteiger partial charge in [-0.15, -0.1) is 6.07 Å². The topological polar surface area (TPSA) is 65.7 Å². The zero-order valence-corrected chi connectivity index (χ0v) is 19.6. The van der Waals surface area contributed by atoms with Crippen LogP contribution in [-0.4, -0.2) is 20.1 Å². The van der Waals surface area contributed by atoms with Gasteiger partial charge in [0.2, 0.25) is 0 Å². The Morgan fingerprint density at radius 2 is 1.44 bits per heavy atom. The molecule has 4 aromatic heterocycles. The molecule has 0 N–H and O–H groups in total. The van der Waals surface area contributed by atoms with E-state index in [0.717, 1.165) is 6.07 Å². The molecule has 0 bridgehead atoms. The summed E-state index contributed by atoms with van der Waals surface area (Å²) >= 11 is 0. The van der Waals surface area contributed by atoms with Crippen LogP contribution >= 0.6 is 0 Å². The molecule has 0 fully saturated rings. The van der Waals surface area contributed by atoms with Crippen LogP contribution < -0.4 is 5.10 Å². The Balaban J connectivity index is 0.00000324. The van der Waals surface area contributed by atoms with Crippen molar-refractivity contribution in [3.05, 3.63) is 83.3 Å². The van der Waals surface area contributed by atoms with E-state index in [0.29, 0.717) is 11.4 Å². The van der Waals surface area contributed by atoms with Gasteiger partial charge in [-0.1, -0.05) is 35.5 Å². The SMILES string of the molecule is CC(C)(c1cccc(-c2[c-]cc(F)nc2F)n1)c1cccc(-c2[n-]nc(C(F)(F)F)c2F)n1.[Pt+2]. The molecule has 12 heteroatoms. The zero-order valence-electron chi connectivity index (χ0n) is 17.4. The maximum Gasteiger partial charge on any atom is 2.00 e. The van der Waals surface area contributed by atoms with Crippen molar-refractivity contribution < 1.29 is 47.4 Å². The van der Waals surface area contributed by atoms with Crippen LogP contribution in [0, 0.1) is 23.8 Å². The summed E-state index contributed by atoms with van der Waals surface area (Å²) in [5, 5.41) is 6.21. The molecule has 34 heavy (non-hydrogen) atoms. The predicted octanol–water partition coefficient (Wildman–Crippen LogP) is 5.12. The summed E-state index contributed by atoms with van der Waals surface area (Å²) in [4.78, 5) is 11.8. The zero-order chi connectivity index (χ0) is 24.0. The molecular formula is C22H13F6N5Pt. The number of pyridine rings is 3. The smallest absolute Gasteiger partial charge is 0.571 e. The normalized spacial score (nSPS) is 11.9. The minimum atomic E-state index is -4.99. The Kier molecular flexibility index (Phi) is 6.98. The molecule has 4 rings (SSSR count). The minimum absolute atomic E-state index is 0. The van der Waals surface area contributed by atoms with Crippen LogP contribution in [0.3, 0.4) is 0 Å². The van der Waals surface area contributed by atoms with E-state index in [1.165, 1.54) is 18.2 Å². The van der Waals surface area contributed by atoms with Crippen molar-refractivity contribution in [3.63, 3.8) is 0 Å². The molecule has 0 aliphatic heterocycles. The number of hydrogen-bond acceptors (Lipinski definition) is 4. The summed E-state index contributed by atoms with van der Waals surface area (Å²) in [6, 6.07) is 12.4. The fraction of sp³-hybridized carbons (Fsp3) is 0.182. The first-order chi connectivity index (χ1) is 15.5. The van der Waals surface area contributed by atoms with Crippen molar-refractivity contribution in [1.29, 1.82) is 0 Å². The van der Waals surface area contributed by atoms with Crippen LogP contribution in [0.5, 0.6) is 0 Å². The van der Waals surface area contributed by atoms with Crippen molar-refractivity contribution in [1.82, 2.24) is 25.1 Å². The molecular weight excluding hydrogens is 643 g/mol. The first-order valence-corrected chi connectivity index (χ1v) is 9.44. The standard InChI is InChI=1S/C22H13F6N5.Pt/c1-21(2,14-7-3-5-12(29-14)11-9-10-16(23)31-20(11)25)15-8-4-6-13(30-15)18-17(24)19(33-32-18)22(26,27)28;/h3-8,10H,1-2H3;/q-2;+2. The summed E-state index contributed by atoms with van der Waals surface area (Å²) in [7, 11) is 0. The van der Waals surface area contributed by atoms with Crippen molar-refractivity contribution in [2.75, 3.05) is 0 Å². The Morgan fingerprint density at radius 1 is 0.853 bits per heavy atom. The average Bonchev–Trinajstić information content (AvgIpc) is 3.16. The van der Waals surface area contributed by atoms with Crippen molar-refractivity contribution in [2.24, 2.45) is 0 Å². The largest absolute Gasteiger partial charge is 2.00 e. The molecule has 5 nitrogen and oxygen atoms in total. The second kappa shape index (κ2) is 9.29. The van der Waals surface area contributed by atoms with Gasteiger partial charge in [-0.3, -0.25) is 9.97 Å². The van der Waals surface area contributed by atoms with Gasteiger partial charge >= 0.3 is 27.2 Å². The van der Waals surface area contributed by atoms with Crippen molar-refractivity contribution in [2.45, 2.75) is 25.4 Å². The summed E-state index contributed by atoms with van der Waals surface area (Å²) in [5.41, 5.74) is -2.68. The van der Waals surface area contributed by atoms with Crippen LogP contribution in [0.15, 0.2) is 42.5 Å². The summed E-state index contributed by atoms with van der Waals surface area (Å²) < 4.78 is 80.1. The van der Waals surface area contributed by atoms with Gasteiger partial charge in [0, 0.05) is 11.1 Å². The van der Waals surface area contributed by atoms with E-state index in [2.05, 4.69) is 31.2 Å². The van der Waals surface area contributed by atoms with Gasteiger partial charge in [0.05, 0.1) is 11.4 Å². The molecule has 178 valence electrons. The van der Waals surface area contributed by atoms with E-state index in [9.17, 15) is 26.3 Å². The number of rotatable bonds is 4. The summed E-state index contributed by atoms with van der Waals surface area (Å²) in [6.45, 7) is 3.45. The molecule has 0 saturated carbocycles. The summed E-state index contributed by atoms with van der Waals surface area (Å²) in [5.74, 6) is -3.71. The van der Waals surface area contributed by atoms with Gasteiger partial charge < -0.3 is 15.2 Å². The van der Waals surface area contributed by atoms with E-state index < -0.39 is 40.7 Å². The Labute approximate surface area is 203 Å². The van der Waals surface area contributed by atoms with Crippen LogP contribution in [0.2, 0.25) is 0 Å². The third kappa shape index (κ3) is 4.75. The second-order valence-electron chi connectivity index (χ2n) is 7.54. The van der Waals surface area contributed by atoms with Crippen LogP contribution in [-0.2, 0) is 32.7 Å². The monoisotopic (exact) mass is 656 g/mol. The molecule has 4 heterocycles. The van der Waals surface area contributed by atoms with E-state index in [1.54, 1.807) is 32.0 Å². The molecule has 0 spiro atoms. The Bertz CT molecular complexity index is 1340. The fourth-order valence-corrected chi connectivity index (χ4v) is 3.17. The molecule has 0 atom stereocenters. The van der Waals surface area contributed by atoms with E-state index >= 15 is 0 Å². The fourth-order valence-electron chi connectivity index (χ4n) is 3.17. The Hall–Kier alpha value is -3.07. The minimum Gasteiger partial charge on any atom is -0.571 e. The molecule has 0 aromatic carbocycles. The van der Waals surface area contributed by atoms with Crippen molar-refractivity contribution in [3.8, 4) is 22.6 Å². The average molecular weight is 656 g/mol. The van der Waals surface area contributed by atoms with Gasteiger partial charge in [-0.05, 0) is 37.7 Å². The maximum absolute atomic E-state index is 14.3. The molecule has 0 amide bonds. The number of alkyl halides is 3. The number of hydrogen-bond donors (Lipinski definition) is 0. The number of aromatic nitrogens is 5. The van der Waals surface area contributed by atoms with Gasteiger partial charge in [0.15, 0.2) is 5.69 Å². The third-order valence-electron chi connectivity index (χ3n) is 4.96. The first kappa shape index (κ1) is 25.5. The van der Waals surface area contributed by atoms with Crippen LogP contribution in [0.1, 0.15) is 30.9 Å². The van der Waals surface area contributed by atoms with E-state index in [-0.39, 0.29) is 38.0 Å². The first-order valence-electron chi connectivity index (χ1n) is 9.44. The maximum atomic E-state index is 14.3. The second-order valence-corrected chi connectivity index (χ2v) is 7.54. The molecule has 0 aliphatic carbocycles. The summed E-state index contributed by atoms with van der Waals surface area (Å²) in [6.07, 6.45) is -4.99. The molecule has 4 aromatic rings. The predicted molar refractivity (Wildman–Crippen MR) is 104 cm³/mol. The third-order valence-corrected chi connectivity index (χ3v) is 4.96. The van der Waals surface area contributed by atoms with E-state index in [1.807, 2.05) is 0 Å². The number of nitrogens with zero attached hydrogens (tertiary/aromatic N) is 5. The van der Waals surface area contributed by atoms with Crippen LogP contribution in [0.25, 0.3) is 22.6 Å². The van der Waals surface area contributed by atoms with Crippen LogP contribution in [0.4, 0.5) is 26.3 Å². The molecule has 0 aliphatic rings. The molecule has 0 unspecified atom stereocenters.